The molecule has 2 aromatic heterocycles. The number of aromatic nitrogens is 4. The van der Waals surface area contributed by atoms with Crippen molar-refractivity contribution in [3.05, 3.63) is 54.0 Å². The van der Waals surface area contributed by atoms with Crippen molar-refractivity contribution >= 4 is 17.4 Å². The molecule has 1 aromatic carbocycles. The lowest BCUT2D eigenvalue weighted by Gasteiger charge is -2.10. The van der Waals surface area contributed by atoms with E-state index in [0.29, 0.717) is 12.2 Å². The minimum atomic E-state index is -0.471. The van der Waals surface area contributed by atoms with Crippen LogP contribution in [0.2, 0.25) is 0 Å². The molecule has 0 aliphatic rings. The number of rotatable bonds is 4. The average Bonchev–Trinajstić information content (AvgIpc) is 3.12. The number of nitrogens with one attached hydrogen (secondary N) is 1. The summed E-state index contributed by atoms with van der Waals surface area (Å²) in [6.45, 7) is 0.538. The first-order chi connectivity index (χ1) is 10.2. The largest absolute Gasteiger partial charge is 0.379 e. The second-order valence-electron chi connectivity index (χ2n) is 4.31. The fourth-order valence-electron chi connectivity index (χ4n) is 1.88. The van der Waals surface area contributed by atoms with E-state index in [1.165, 1.54) is 0 Å². The lowest BCUT2D eigenvalue weighted by Crippen LogP contribution is -2.16. The van der Waals surface area contributed by atoms with Crippen molar-refractivity contribution in [3.8, 4) is 0 Å². The van der Waals surface area contributed by atoms with Crippen LogP contribution in [0.1, 0.15) is 16.1 Å². The maximum Gasteiger partial charge on any atom is 0.281 e. The zero-order chi connectivity index (χ0) is 14.7. The monoisotopic (exact) mass is 284 g/mol. The minimum Gasteiger partial charge on any atom is -0.379 e. The Morgan fingerprint density at radius 1 is 1.29 bits per heavy atom. The number of carbonyl (C=O) groups excluding carboxylic acids is 1. The average molecular weight is 284 g/mol. The smallest absolute Gasteiger partial charge is 0.281 e. The first-order valence-corrected chi connectivity index (χ1v) is 6.19. The zero-order valence-corrected chi connectivity index (χ0v) is 10.9. The van der Waals surface area contributed by atoms with Gasteiger partial charge in [-0.1, -0.05) is 18.2 Å². The van der Waals surface area contributed by atoms with E-state index in [2.05, 4.69) is 25.4 Å². The van der Waals surface area contributed by atoms with Gasteiger partial charge in [-0.25, -0.2) is 4.63 Å². The highest BCUT2D eigenvalue weighted by atomic mass is 16.6. The van der Waals surface area contributed by atoms with Gasteiger partial charge in [0.2, 0.25) is 11.5 Å². The van der Waals surface area contributed by atoms with Crippen LogP contribution in [-0.4, -0.2) is 26.0 Å². The summed E-state index contributed by atoms with van der Waals surface area (Å²) in [6.07, 6.45) is 3.54. The van der Waals surface area contributed by atoms with Gasteiger partial charge in [-0.2, -0.15) is 5.10 Å². The van der Waals surface area contributed by atoms with E-state index >= 15 is 0 Å². The number of benzene rings is 1. The van der Waals surface area contributed by atoms with E-state index in [4.69, 9.17) is 5.73 Å². The van der Waals surface area contributed by atoms with Gasteiger partial charge >= 0.3 is 0 Å². The first-order valence-electron chi connectivity index (χ1n) is 6.19. The highest BCUT2D eigenvalue weighted by molar-refractivity contribution is 6.05. The molecule has 0 spiro atoms. The van der Waals surface area contributed by atoms with Crippen LogP contribution in [0.5, 0.6) is 0 Å². The number of anilines is 2. The zero-order valence-electron chi connectivity index (χ0n) is 10.9. The molecule has 0 fully saturated rings. The fraction of sp³-hybridized carbons (Fsp3) is 0.0769. The van der Waals surface area contributed by atoms with Crippen molar-refractivity contribution in [1.29, 1.82) is 0 Å². The quantitative estimate of drug-likeness (QED) is 0.743. The summed E-state index contributed by atoms with van der Waals surface area (Å²) in [6, 6.07) is 9.25. The van der Waals surface area contributed by atoms with Crippen molar-refractivity contribution in [3.63, 3.8) is 0 Å². The number of hydrogen-bond donors (Lipinski definition) is 2. The van der Waals surface area contributed by atoms with Gasteiger partial charge in [0.25, 0.3) is 5.91 Å². The van der Waals surface area contributed by atoms with Gasteiger partial charge in [0.15, 0.2) is 0 Å². The van der Waals surface area contributed by atoms with Crippen LogP contribution in [0.15, 0.2) is 47.4 Å². The summed E-state index contributed by atoms with van der Waals surface area (Å²) in [5.41, 5.74) is 7.02. The summed E-state index contributed by atoms with van der Waals surface area (Å²) in [4.78, 5) is 12.1. The molecule has 2 heterocycles. The second kappa shape index (κ2) is 5.45. The molecule has 0 aliphatic carbocycles. The van der Waals surface area contributed by atoms with Gasteiger partial charge in [-0.15, -0.1) is 0 Å². The molecule has 3 N–H and O–H groups in total. The predicted molar refractivity (Wildman–Crippen MR) is 74.4 cm³/mol. The number of nitrogens with zero attached hydrogens (tertiary/aromatic N) is 4. The Bertz CT molecular complexity index is 750. The van der Waals surface area contributed by atoms with Crippen LogP contribution in [0.3, 0.4) is 0 Å². The Hall–Kier alpha value is -3.16. The molecule has 8 nitrogen and oxygen atoms in total. The Morgan fingerprint density at radius 2 is 2.14 bits per heavy atom. The molecule has 0 saturated carbocycles. The van der Waals surface area contributed by atoms with E-state index in [-0.39, 0.29) is 11.5 Å². The Labute approximate surface area is 119 Å². The maximum atomic E-state index is 12.1. The first kappa shape index (κ1) is 12.9. The van der Waals surface area contributed by atoms with E-state index in [1.54, 1.807) is 16.9 Å². The third-order valence-corrected chi connectivity index (χ3v) is 2.89. The van der Waals surface area contributed by atoms with Gasteiger partial charge in [0.1, 0.15) is 0 Å². The standard InChI is InChI=1S/C13H12N6O2/c14-12-11(17-21-18-12)13(20)16-10-5-2-1-4-9(10)8-19-7-3-6-15-19/h1-7H,8H2,(H2,14,18)(H,16,20). The lowest BCUT2D eigenvalue weighted by molar-refractivity contribution is 0.101. The molecule has 8 heteroatoms. The molecule has 0 unspecified atom stereocenters. The van der Waals surface area contributed by atoms with Crippen molar-refractivity contribution < 1.29 is 9.42 Å². The lowest BCUT2D eigenvalue weighted by atomic mass is 10.1. The molecule has 0 bridgehead atoms. The van der Waals surface area contributed by atoms with Crippen molar-refractivity contribution in [2.75, 3.05) is 11.1 Å². The second-order valence-corrected chi connectivity index (χ2v) is 4.31. The number of amides is 1. The molecule has 0 atom stereocenters. The molecule has 3 aromatic rings. The van der Waals surface area contributed by atoms with Gasteiger partial charge in [0.05, 0.1) is 6.54 Å². The number of nitrogen functional groups attached to an aromatic ring is 1. The number of carbonyl (C=O) groups is 1. The summed E-state index contributed by atoms with van der Waals surface area (Å²) in [5, 5.41) is 13.7. The normalized spacial score (nSPS) is 10.5. The van der Waals surface area contributed by atoms with Crippen molar-refractivity contribution in [1.82, 2.24) is 20.1 Å². The highest BCUT2D eigenvalue weighted by Gasteiger charge is 2.17. The summed E-state index contributed by atoms with van der Waals surface area (Å²) < 4.78 is 6.18. The molecule has 0 saturated heterocycles. The molecule has 1 amide bonds. The summed E-state index contributed by atoms with van der Waals surface area (Å²) in [7, 11) is 0. The third-order valence-electron chi connectivity index (χ3n) is 2.89. The Balaban J connectivity index is 1.82. The molecule has 106 valence electrons. The predicted octanol–water partition coefficient (Wildman–Crippen LogP) is 1.15. The summed E-state index contributed by atoms with van der Waals surface area (Å²) in [5.74, 6) is -0.515. The van der Waals surface area contributed by atoms with Crippen molar-refractivity contribution in [2.24, 2.45) is 0 Å². The van der Waals surface area contributed by atoms with Crippen LogP contribution in [-0.2, 0) is 6.54 Å². The van der Waals surface area contributed by atoms with Gasteiger partial charge in [-0.3, -0.25) is 9.48 Å². The van der Waals surface area contributed by atoms with Crippen LogP contribution in [0.4, 0.5) is 11.5 Å². The van der Waals surface area contributed by atoms with Crippen LogP contribution in [0.25, 0.3) is 0 Å². The van der Waals surface area contributed by atoms with Crippen LogP contribution >= 0.6 is 0 Å². The molecule has 3 rings (SSSR count). The molecule has 0 aliphatic heterocycles. The van der Waals surface area contributed by atoms with Gasteiger partial charge in [0, 0.05) is 18.1 Å². The van der Waals surface area contributed by atoms with E-state index in [9.17, 15) is 4.79 Å². The maximum absolute atomic E-state index is 12.1. The topological polar surface area (TPSA) is 112 Å². The highest BCUT2D eigenvalue weighted by Crippen LogP contribution is 2.17. The van der Waals surface area contributed by atoms with Crippen LogP contribution in [0, 0.1) is 0 Å². The Kier molecular flexibility index (Phi) is 3.34. The molecule has 21 heavy (non-hydrogen) atoms. The van der Waals surface area contributed by atoms with Gasteiger partial charge in [-0.05, 0) is 28.0 Å². The fourth-order valence-corrected chi connectivity index (χ4v) is 1.88. The van der Waals surface area contributed by atoms with Crippen LogP contribution < -0.4 is 11.1 Å². The SMILES string of the molecule is Nc1nonc1C(=O)Nc1ccccc1Cn1cccn1. The van der Waals surface area contributed by atoms with Crippen molar-refractivity contribution in [2.45, 2.75) is 6.54 Å². The number of nitrogens with two attached hydrogens (primary N) is 1. The number of para-hydroxylation sites is 1. The molecular weight excluding hydrogens is 272 g/mol. The summed E-state index contributed by atoms with van der Waals surface area (Å²) >= 11 is 0. The van der Waals surface area contributed by atoms with Gasteiger partial charge < -0.3 is 11.1 Å². The van der Waals surface area contributed by atoms with E-state index in [1.807, 2.05) is 30.5 Å². The molecular formula is C13H12N6O2. The Morgan fingerprint density at radius 3 is 2.86 bits per heavy atom. The van der Waals surface area contributed by atoms with E-state index < -0.39 is 5.91 Å². The van der Waals surface area contributed by atoms with E-state index in [0.717, 1.165) is 5.56 Å². The number of hydrogen-bond acceptors (Lipinski definition) is 6. The third kappa shape index (κ3) is 2.73. The molecule has 0 radical (unpaired) electrons. The minimum absolute atomic E-state index is 0.0381.